The third kappa shape index (κ3) is 3.82. The molecule has 0 atom stereocenters. The molecule has 5 nitrogen and oxygen atoms in total. The highest BCUT2D eigenvalue weighted by Crippen LogP contribution is 2.15. The lowest BCUT2D eigenvalue weighted by atomic mass is 10.2. The molecule has 0 aliphatic rings. The Balaban J connectivity index is 2.17. The molecule has 0 saturated carbocycles. The zero-order chi connectivity index (χ0) is 15.1. The normalized spacial score (nSPS) is 11.0. The standard InChI is InChI=1S/C16H16N2O3/c1-2-21-16(12-8-4-3-5-9-12)18-17-15(20)13-10-6-7-11-14(13)19/h3-11,19H,2H2,1H3,(H,17,20). The summed E-state index contributed by atoms with van der Waals surface area (Å²) in [6, 6.07) is 15.5. The van der Waals surface area contributed by atoms with E-state index in [1.165, 1.54) is 12.1 Å². The molecule has 2 rings (SSSR count). The van der Waals surface area contributed by atoms with Gasteiger partial charge in [-0.15, -0.1) is 5.10 Å². The molecule has 0 bridgehead atoms. The van der Waals surface area contributed by atoms with Crippen molar-refractivity contribution in [3.05, 3.63) is 65.7 Å². The topological polar surface area (TPSA) is 70.9 Å². The van der Waals surface area contributed by atoms with Gasteiger partial charge < -0.3 is 9.84 Å². The summed E-state index contributed by atoms with van der Waals surface area (Å²) in [5, 5.41) is 13.6. The van der Waals surface area contributed by atoms with Gasteiger partial charge in [0.05, 0.1) is 12.2 Å². The summed E-state index contributed by atoms with van der Waals surface area (Å²) < 4.78 is 5.42. The summed E-state index contributed by atoms with van der Waals surface area (Å²) in [5.41, 5.74) is 3.31. The Hall–Kier alpha value is -2.82. The number of para-hydroxylation sites is 1. The van der Waals surface area contributed by atoms with Crippen LogP contribution in [0, 0.1) is 0 Å². The first-order valence-corrected chi connectivity index (χ1v) is 6.56. The van der Waals surface area contributed by atoms with E-state index in [-0.39, 0.29) is 11.3 Å². The second-order valence-corrected chi connectivity index (χ2v) is 4.17. The summed E-state index contributed by atoms with van der Waals surface area (Å²) in [4.78, 5) is 12.0. The number of hydrogen-bond acceptors (Lipinski definition) is 4. The molecule has 0 saturated heterocycles. The number of nitrogens with zero attached hydrogens (tertiary/aromatic N) is 1. The van der Waals surface area contributed by atoms with E-state index in [0.717, 1.165) is 5.56 Å². The highest BCUT2D eigenvalue weighted by Gasteiger charge is 2.10. The highest BCUT2D eigenvalue weighted by atomic mass is 16.5. The number of aromatic hydroxyl groups is 1. The van der Waals surface area contributed by atoms with Crippen LogP contribution >= 0.6 is 0 Å². The van der Waals surface area contributed by atoms with Gasteiger partial charge in [-0.3, -0.25) is 4.79 Å². The fraction of sp³-hybridized carbons (Fsp3) is 0.125. The average molecular weight is 284 g/mol. The van der Waals surface area contributed by atoms with Crippen molar-refractivity contribution in [2.24, 2.45) is 5.10 Å². The third-order valence-electron chi connectivity index (χ3n) is 2.71. The van der Waals surface area contributed by atoms with Crippen LogP contribution in [0.2, 0.25) is 0 Å². The predicted molar refractivity (Wildman–Crippen MR) is 80.2 cm³/mol. The molecule has 2 aromatic carbocycles. The first kappa shape index (κ1) is 14.6. The van der Waals surface area contributed by atoms with Crippen LogP contribution in [-0.2, 0) is 4.74 Å². The lowest BCUT2D eigenvalue weighted by molar-refractivity contribution is 0.0950. The van der Waals surface area contributed by atoms with Crippen LogP contribution in [0.15, 0.2) is 59.7 Å². The maximum atomic E-state index is 12.0. The Labute approximate surface area is 122 Å². The number of carbonyl (C=O) groups excluding carboxylic acids is 1. The fourth-order valence-electron chi connectivity index (χ4n) is 1.73. The van der Waals surface area contributed by atoms with Gasteiger partial charge in [-0.2, -0.15) is 0 Å². The number of hydrazone groups is 1. The van der Waals surface area contributed by atoms with Gasteiger partial charge in [-0.25, -0.2) is 5.43 Å². The largest absolute Gasteiger partial charge is 0.507 e. The Kier molecular flexibility index (Phi) is 4.93. The lowest BCUT2D eigenvalue weighted by Gasteiger charge is -2.08. The van der Waals surface area contributed by atoms with Gasteiger partial charge in [0.15, 0.2) is 0 Å². The molecule has 108 valence electrons. The number of phenolic OH excluding ortho intramolecular Hbond substituents is 1. The lowest BCUT2D eigenvalue weighted by Crippen LogP contribution is -2.21. The summed E-state index contributed by atoms with van der Waals surface area (Å²) in [6.07, 6.45) is 0. The van der Waals surface area contributed by atoms with Crippen molar-refractivity contribution in [3.63, 3.8) is 0 Å². The number of nitrogens with one attached hydrogen (secondary N) is 1. The van der Waals surface area contributed by atoms with E-state index in [1.54, 1.807) is 12.1 Å². The van der Waals surface area contributed by atoms with Crippen molar-refractivity contribution >= 4 is 11.8 Å². The highest BCUT2D eigenvalue weighted by molar-refractivity contribution is 5.99. The molecule has 0 unspecified atom stereocenters. The first-order chi connectivity index (χ1) is 10.2. The zero-order valence-electron chi connectivity index (χ0n) is 11.6. The van der Waals surface area contributed by atoms with Gasteiger partial charge in [0.25, 0.3) is 5.91 Å². The smallest absolute Gasteiger partial charge is 0.275 e. The van der Waals surface area contributed by atoms with Crippen molar-refractivity contribution in [1.29, 1.82) is 0 Å². The maximum Gasteiger partial charge on any atom is 0.275 e. The Bertz CT molecular complexity index is 639. The van der Waals surface area contributed by atoms with E-state index >= 15 is 0 Å². The molecule has 0 fully saturated rings. The minimum absolute atomic E-state index is 0.0946. The van der Waals surface area contributed by atoms with Crippen LogP contribution in [0.25, 0.3) is 0 Å². The van der Waals surface area contributed by atoms with Crippen LogP contribution in [-0.4, -0.2) is 23.5 Å². The van der Waals surface area contributed by atoms with Gasteiger partial charge >= 0.3 is 0 Å². The van der Waals surface area contributed by atoms with Gasteiger partial charge in [0.1, 0.15) is 5.75 Å². The number of phenols is 1. The van der Waals surface area contributed by atoms with Gasteiger partial charge in [-0.1, -0.05) is 30.3 Å². The van der Waals surface area contributed by atoms with Gasteiger partial charge in [-0.05, 0) is 31.2 Å². The second kappa shape index (κ2) is 7.09. The predicted octanol–water partition coefficient (Wildman–Crippen LogP) is 2.52. The second-order valence-electron chi connectivity index (χ2n) is 4.17. The Morgan fingerprint density at radius 2 is 1.81 bits per heavy atom. The molecule has 2 N–H and O–H groups in total. The van der Waals surface area contributed by atoms with Crippen LogP contribution in [0.1, 0.15) is 22.8 Å². The number of hydrogen-bond donors (Lipinski definition) is 2. The third-order valence-corrected chi connectivity index (χ3v) is 2.71. The summed E-state index contributed by atoms with van der Waals surface area (Å²) >= 11 is 0. The molecule has 5 heteroatoms. The molecule has 0 radical (unpaired) electrons. The summed E-state index contributed by atoms with van der Waals surface area (Å²) in [7, 11) is 0. The number of benzene rings is 2. The fourth-order valence-corrected chi connectivity index (χ4v) is 1.73. The Morgan fingerprint density at radius 3 is 2.48 bits per heavy atom. The van der Waals surface area contributed by atoms with Gasteiger partial charge in [0.2, 0.25) is 5.90 Å². The first-order valence-electron chi connectivity index (χ1n) is 6.56. The van der Waals surface area contributed by atoms with E-state index in [2.05, 4.69) is 10.5 Å². The minimum Gasteiger partial charge on any atom is -0.507 e. The molecule has 21 heavy (non-hydrogen) atoms. The summed E-state index contributed by atoms with van der Waals surface area (Å²) in [6.45, 7) is 2.27. The molecular weight excluding hydrogens is 268 g/mol. The molecular formula is C16H16N2O3. The SMILES string of the molecule is CCOC(=NNC(=O)c1ccccc1O)c1ccccc1. The quantitative estimate of drug-likeness (QED) is 0.515. The van der Waals surface area contributed by atoms with Crippen LogP contribution in [0.3, 0.4) is 0 Å². The van der Waals surface area contributed by atoms with Crippen molar-refractivity contribution in [3.8, 4) is 5.75 Å². The van der Waals surface area contributed by atoms with Crippen LogP contribution in [0.4, 0.5) is 0 Å². The summed E-state index contributed by atoms with van der Waals surface area (Å²) in [5.74, 6) is -0.272. The Morgan fingerprint density at radius 1 is 1.14 bits per heavy atom. The zero-order valence-corrected chi connectivity index (χ0v) is 11.6. The van der Waals surface area contributed by atoms with Crippen molar-refractivity contribution in [1.82, 2.24) is 5.43 Å². The molecule has 0 aliphatic carbocycles. The monoisotopic (exact) mass is 284 g/mol. The minimum atomic E-state index is -0.499. The van der Waals surface area contributed by atoms with E-state index in [1.807, 2.05) is 37.3 Å². The number of rotatable bonds is 4. The molecule has 2 aromatic rings. The number of amides is 1. The van der Waals surface area contributed by atoms with Gasteiger partial charge in [0, 0.05) is 5.56 Å². The molecule has 0 aliphatic heterocycles. The maximum absolute atomic E-state index is 12.0. The average Bonchev–Trinajstić information content (AvgIpc) is 2.52. The van der Waals surface area contributed by atoms with Crippen molar-refractivity contribution in [2.45, 2.75) is 6.92 Å². The van der Waals surface area contributed by atoms with E-state index < -0.39 is 5.91 Å². The number of carbonyl (C=O) groups is 1. The van der Waals surface area contributed by atoms with E-state index in [4.69, 9.17) is 4.74 Å². The number of ether oxygens (including phenoxy) is 1. The van der Waals surface area contributed by atoms with Crippen molar-refractivity contribution < 1.29 is 14.6 Å². The van der Waals surface area contributed by atoms with E-state index in [9.17, 15) is 9.90 Å². The van der Waals surface area contributed by atoms with Crippen LogP contribution < -0.4 is 5.43 Å². The molecule has 0 heterocycles. The van der Waals surface area contributed by atoms with E-state index in [0.29, 0.717) is 12.5 Å². The molecule has 0 spiro atoms. The molecule has 0 aromatic heterocycles. The molecule has 1 amide bonds. The van der Waals surface area contributed by atoms with Crippen molar-refractivity contribution in [2.75, 3.05) is 6.61 Å². The van der Waals surface area contributed by atoms with Crippen LogP contribution in [0.5, 0.6) is 5.75 Å².